The number of rotatable bonds is 5. The van der Waals surface area contributed by atoms with Gasteiger partial charge in [-0.1, -0.05) is 30.0 Å². The number of carboxylic acids is 1. The lowest BCUT2D eigenvalue weighted by molar-refractivity contribution is -0.129. The van der Waals surface area contributed by atoms with E-state index in [0.29, 0.717) is 16.4 Å². The Morgan fingerprint density at radius 2 is 2.11 bits per heavy atom. The fraction of sp³-hybridized carbons (Fsp3) is 0.111. The van der Waals surface area contributed by atoms with Crippen molar-refractivity contribution in [3.05, 3.63) is 58.9 Å². The second kappa shape index (κ2) is 7.77. The maximum absolute atomic E-state index is 12.6. The Bertz CT molecular complexity index is 952. The summed E-state index contributed by atoms with van der Waals surface area (Å²) in [7, 11) is 0. The van der Waals surface area contributed by atoms with Gasteiger partial charge < -0.3 is 14.8 Å². The molecule has 2 N–H and O–H groups in total. The van der Waals surface area contributed by atoms with E-state index in [4.69, 9.17) is 21.7 Å². The number of aromatic carboxylic acids is 1. The predicted molar refractivity (Wildman–Crippen MR) is 105 cm³/mol. The monoisotopic (exact) mass is 402 g/mol. The van der Waals surface area contributed by atoms with Gasteiger partial charge in [-0.05, 0) is 37.3 Å². The molecular weight excluding hydrogens is 388 g/mol. The van der Waals surface area contributed by atoms with Crippen molar-refractivity contribution in [1.29, 1.82) is 0 Å². The Hall–Kier alpha value is -2.91. The largest absolute Gasteiger partial charge is 0.478 e. The summed E-state index contributed by atoms with van der Waals surface area (Å²) >= 11 is 6.33. The molecule has 9 heteroatoms. The summed E-state index contributed by atoms with van der Waals surface area (Å²) in [6.45, 7) is 1.55. The molecular formula is C18H14N2O5S2. The zero-order valence-corrected chi connectivity index (χ0v) is 15.7. The number of carbonyl (C=O) groups excluding carboxylic acids is 2. The Morgan fingerprint density at radius 3 is 2.78 bits per heavy atom. The third-order valence-electron chi connectivity index (χ3n) is 3.78. The van der Waals surface area contributed by atoms with E-state index in [1.807, 2.05) is 0 Å². The summed E-state index contributed by atoms with van der Waals surface area (Å²) in [5.41, 5.74) is 0.371. The van der Waals surface area contributed by atoms with Gasteiger partial charge in [-0.3, -0.25) is 14.5 Å². The van der Waals surface area contributed by atoms with Crippen molar-refractivity contribution >= 4 is 57.8 Å². The number of thiocarbonyl (C=S) groups is 1. The molecule has 1 aliphatic heterocycles. The highest BCUT2D eigenvalue weighted by Gasteiger charge is 2.38. The van der Waals surface area contributed by atoms with Crippen LogP contribution in [0.3, 0.4) is 0 Å². The standard InChI is InChI=1S/C18H14N2O5S2/c1-10(15(21)19-12-5-2-4-11(8-12)17(23)24)20-16(22)14(27-18(20)26)9-13-6-3-7-25-13/h2-10H,1H3,(H,19,21)(H,23,24)/b14-9+. The first-order valence-electron chi connectivity index (χ1n) is 7.81. The van der Waals surface area contributed by atoms with Crippen LogP contribution in [0, 0.1) is 0 Å². The molecule has 138 valence electrons. The molecule has 1 saturated heterocycles. The lowest BCUT2D eigenvalue weighted by atomic mass is 10.2. The summed E-state index contributed by atoms with van der Waals surface area (Å²) in [5.74, 6) is -1.45. The van der Waals surface area contributed by atoms with Crippen LogP contribution >= 0.6 is 24.0 Å². The zero-order valence-electron chi connectivity index (χ0n) is 14.0. The van der Waals surface area contributed by atoms with Crippen LogP contribution < -0.4 is 5.32 Å². The first kappa shape index (κ1) is 18.9. The quantitative estimate of drug-likeness (QED) is 0.585. The van der Waals surface area contributed by atoms with E-state index in [1.165, 1.54) is 29.4 Å². The van der Waals surface area contributed by atoms with Crippen molar-refractivity contribution < 1.29 is 23.9 Å². The molecule has 2 amide bonds. The van der Waals surface area contributed by atoms with Crippen LogP contribution in [0.2, 0.25) is 0 Å². The summed E-state index contributed by atoms with van der Waals surface area (Å²) in [6.07, 6.45) is 3.06. The summed E-state index contributed by atoms with van der Waals surface area (Å²) in [5, 5.41) is 11.6. The third-order valence-corrected chi connectivity index (χ3v) is 5.11. The van der Waals surface area contributed by atoms with Crippen molar-refractivity contribution in [2.45, 2.75) is 13.0 Å². The average molecular weight is 402 g/mol. The minimum Gasteiger partial charge on any atom is -0.478 e. The molecule has 0 bridgehead atoms. The van der Waals surface area contributed by atoms with Crippen LogP contribution in [0.1, 0.15) is 23.0 Å². The molecule has 1 fully saturated rings. The van der Waals surface area contributed by atoms with Crippen molar-refractivity contribution in [3.8, 4) is 0 Å². The molecule has 3 rings (SSSR count). The van der Waals surface area contributed by atoms with E-state index in [-0.39, 0.29) is 15.8 Å². The number of amides is 2. The van der Waals surface area contributed by atoms with Gasteiger partial charge in [0.25, 0.3) is 5.91 Å². The van der Waals surface area contributed by atoms with Crippen molar-refractivity contribution in [2.24, 2.45) is 0 Å². The topological polar surface area (TPSA) is 99.9 Å². The van der Waals surface area contributed by atoms with Crippen LogP contribution in [-0.2, 0) is 9.59 Å². The zero-order chi connectivity index (χ0) is 19.6. The van der Waals surface area contributed by atoms with E-state index < -0.39 is 17.9 Å². The van der Waals surface area contributed by atoms with E-state index in [9.17, 15) is 14.4 Å². The number of hydrogen-bond acceptors (Lipinski definition) is 6. The van der Waals surface area contributed by atoms with Crippen molar-refractivity contribution in [1.82, 2.24) is 4.90 Å². The molecule has 27 heavy (non-hydrogen) atoms. The van der Waals surface area contributed by atoms with E-state index in [1.54, 1.807) is 31.2 Å². The number of hydrogen-bond donors (Lipinski definition) is 2. The molecule has 0 radical (unpaired) electrons. The molecule has 2 aromatic rings. The van der Waals surface area contributed by atoms with Gasteiger partial charge in [0.2, 0.25) is 5.91 Å². The maximum atomic E-state index is 12.6. The van der Waals surface area contributed by atoms with E-state index in [0.717, 1.165) is 11.8 Å². The Labute approximate surface area is 164 Å². The normalized spacial score (nSPS) is 16.6. The number of anilines is 1. The van der Waals surface area contributed by atoms with E-state index >= 15 is 0 Å². The van der Waals surface area contributed by atoms with Gasteiger partial charge in [-0.25, -0.2) is 4.79 Å². The Kier molecular flexibility index (Phi) is 5.43. The highest BCUT2D eigenvalue weighted by atomic mass is 32.2. The molecule has 1 unspecified atom stereocenters. The first-order chi connectivity index (χ1) is 12.9. The SMILES string of the molecule is CC(C(=O)Nc1cccc(C(=O)O)c1)N1C(=O)/C(=C\c2ccco2)SC1=S. The number of carboxylic acid groups (broad SMARTS) is 1. The fourth-order valence-electron chi connectivity index (χ4n) is 2.41. The van der Waals surface area contributed by atoms with Crippen LogP contribution in [0.15, 0.2) is 52.0 Å². The summed E-state index contributed by atoms with van der Waals surface area (Å²) in [6, 6.07) is 8.39. The highest BCUT2D eigenvalue weighted by Crippen LogP contribution is 2.34. The molecule has 0 aliphatic carbocycles. The smallest absolute Gasteiger partial charge is 0.335 e. The van der Waals surface area contributed by atoms with Crippen LogP contribution in [-0.4, -0.2) is 38.2 Å². The van der Waals surface area contributed by atoms with Gasteiger partial charge in [0.05, 0.1) is 16.7 Å². The van der Waals surface area contributed by atoms with Gasteiger partial charge in [0.1, 0.15) is 16.1 Å². The number of carbonyl (C=O) groups is 3. The van der Waals surface area contributed by atoms with Gasteiger partial charge in [0, 0.05) is 11.8 Å². The van der Waals surface area contributed by atoms with Crippen LogP contribution in [0.4, 0.5) is 5.69 Å². The van der Waals surface area contributed by atoms with Crippen LogP contribution in [0.25, 0.3) is 6.08 Å². The van der Waals surface area contributed by atoms with Gasteiger partial charge in [-0.15, -0.1) is 0 Å². The molecule has 7 nitrogen and oxygen atoms in total. The second-order valence-electron chi connectivity index (χ2n) is 5.62. The number of nitrogens with one attached hydrogen (secondary N) is 1. The van der Waals surface area contributed by atoms with Gasteiger partial charge >= 0.3 is 5.97 Å². The number of furan rings is 1. The molecule has 1 aromatic carbocycles. The lowest BCUT2D eigenvalue weighted by Gasteiger charge is -2.22. The van der Waals surface area contributed by atoms with Crippen molar-refractivity contribution in [3.63, 3.8) is 0 Å². The number of thioether (sulfide) groups is 1. The maximum Gasteiger partial charge on any atom is 0.335 e. The average Bonchev–Trinajstić information content (AvgIpc) is 3.23. The lowest BCUT2D eigenvalue weighted by Crippen LogP contribution is -2.44. The minimum absolute atomic E-state index is 0.0486. The third kappa shape index (κ3) is 4.09. The second-order valence-corrected chi connectivity index (χ2v) is 7.29. The summed E-state index contributed by atoms with van der Waals surface area (Å²) < 4.78 is 5.46. The highest BCUT2D eigenvalue weighted by molar-refractivity contribution is 8.26. The fourth-order valence-corrected chi connectivity index (χ4v) is 3.81. The van der Waals surface area contributed by atoms with Crippen molar-refractivity contribution in [2.75, 3.05) is 5.32 Å². The summed E-state index contributed by atoms with van der Waals surface area (Å²) in [4.78, 5) is 37.8. The molecule has 2 heterocycles. The van der Waals surface area contributed by atoms with Gasteiger partial charge in [-0.2, -0.15) is 0 Å². The predicted octanol–water partition coefficient (Wildman–Crippen LogP) is 3.21. The van der Waals surface area contributed by atoms with Crippen LogP contribution in [0.5, 0.6) is 0 Å². The van der Waals surface area contributed by atoms with Gasteiger partial charge in [0.15, 0.2) is 0 Å². The Balaban J connectivity index is 1.75. The first-order valence-corrected chi connectivity index (χ1v) is 9.04. The number of nitrogens with zero attached hydrogens (tertiary/aromatic N) is 1. The molecule has 0 spiro atoms. The molecule has 1 aliphatic rings. The molecule has 1 atom stereocenters. The molecule has 0 saturated carbocycles. The number of benzene rings is 1. The Morgan fingerprint density at radius 1 is 1.33 bits per heavy atom. The van der Waals surface area contributed by atoms with E-state index in [2.05, 4.69) is 5.32 Å². The minimum atomic E-state index is -1.10. The molecule has 1 aromatic heterocycles.